The van der Waals surface area contributed by atoms with E-state index in [2.05, 4.69) is 15.5 Å². The molecule has 1 aromatic carbocycles. The van der Waals surface area contributed by atoms with Gasteiger partial charge in [0.15, 0.2) is 5.82 Å². The van der Waals surface area contributed by atoms with Gasteiger partial charge in [0.05, 0.1) is 12.1 Å². The molecule has 1 heterocycles. The third-order valence-electron chi connectivity index (χ3n) is 3.42. The Kier molecular flexibility index (Phi) is 4.61. The smallest absolute Gasteiger partial charge is 0.257 e. The molecule has 1 aromatic heterocycles. The summed E-state index contributed by atoms with van der Waals surface area (Å²) < 4.78 is 5.24. The van der Waals surface area contributed by atoms with Gasteiger partial charge in [0, 0.05) is 5.56 Å². The number of hydrogen-bond donors (Lipinski definition) is 2. The quantitative estimate of drug-likeness (QED) is 0.903. The summed E-state index contributed by atoms with van der Waals surface area (Å²) >= 11 is 0. The maximum Gasteiger partial charge on any atom is 0.257 e. The van der Waals surface area contributed by atoms with E-state index in [1.165, 1.54) is 0 Å². The fourth-order valence-electron chi connectivity index (χ4n) is 1.87. The highest BCUT2D eigenvalue weighted by Crippen LogP contribution is 2.20. The SMILES string of the molecule is CC(NC(=O)[C@@H](N)C(C)(C)C)c1noc(-c2ccccc2)n1. The number of rotatable bonds is 4. The largest absolute Gasteiger partial charge is 0.345 e. The molecule has 0 aliphatic heterocycles. The zero-order valence-corrected chi connectivity index (χ0v) is 13.3. The van der Waals surface area contributed by atoms with Gasteiger partial charge in [-0.3, -0.25) is 4.79 Å². The van der Waals surface area contributed by atoms with Gasteiger partial charge in [-0.2, -0.15) is 4.98 Å². The van der Waals surface area contributed by atoms with E-state index in [9.17, 15) is 4.79 Å². The van der Waals surface area contributed by atoms with Crippen molar-refractivity contribution in [3.63, 3.8) is 0 Å². The van der Waals surface area contributed by atoms with E-state index in [4.69, 9.17) is 10.3 Å². The Morgan fingerprint density at radius 3 is 2.50 bits per heavy atom. The lowest BCUT2D eigenvalue weighted by atomic mass is 9.87. The molecule has 1 unspecified atom stereocenters. The molecule has 1 amide bonds. The van der Waals surface area contributed by atoms with Crippen molar-refractivity contribution in [3.8, 4) is 11.5 Å². The summed E-state index contributed by atoms with van der Waals surface area (Å²) in [6, 6.07) is 8.50. The molecule has 118 valence electrons. The lowest BCUT2D eigenvalue weighted by Crippen LogP contribution is -2.49. The van der Waals surface area contributed by atoms with Crippen LogP contribution in [0.2, 0.25) is 0 Å². The predicted molar refractivity (Wildman–Crippen MR) is 83.7 cm³/mol. The molecule has 0 saturated heterocycles. The number of nitrogens with one attached hydrogen (secondary N) is 1. The standard InChI is InChI=1S/C16H22N4O2/c1-10(18-14(21)12(17)16(2,3)4)13-19-15(22-20-13)11-8-6-5-7-9-11/h5-10,12H,17H2,1-4H3,(H,18,21)/t10?,12-/m1/s1. The normalized spacial score (nSPS) is 14.4. The fourth-order valence-corrected chi connectivity index (χ4v) is 1.87. The molecule has 0 fully saturated rings. The molecule has 22 heavy (non-hydrogen) atoms. The average Bonchev–Trinajstić information content (AvgIpc) is 2.96. The average molecular weight is 302 g/mol. The molecule has 0 aliphatic rings. The highest BCUT2D eigenvalue weighted by molar-refractivity contribution is 5.82. The molecule has 2 rings (SSSR count). The van der Waals surface area contributed by atoms with Crippen LogP contribution < -0.4 is 11.1 Å². The second-order valence-corrected chi connectivity index (χ2v) is 6.40. The van der Waals surface area contributed by atoms with E-state index in [0.29, 0.717) is 11.7 Å². The lowest BCUT2D eigenvalue weighted by molar-refractivity contribution is -0.125. The Bertz CT molecular complexity index is 631. The number of nitrogens with two attached hydrogens (primary N) is 1. The number of nitrogens with zero attached hydrogens (tertiary/aromatic N) is 2. The Morgan fingerprint density at radius 1 is 1.27 bits per heavy atom. The van der Waals surface area contributed by atoms with Crippen LogP contribution in [0, 0.1) is 5.41 Å². The zero-order chi connectivity index (χ0) is 16.3. The Morgan fingerprint density at radius 2 is 1.91 bits per heavy atom. The van der Waals surface area contributed by atoms with Gasteiger partial charge < -0.3 is 15.6 Å². The molecule has 3 N–H and O–H groups in total. The maximum absolute atomic E-state index is 12.1. The van der Waals surface area contributed by atoms with Crippen LogP contribution in [-0.2, 0) is 4.79 Å². The van der Waals surface area contributed by atoms with Crippen LogP contribution in [0.4, 0.5) is 0 Å². The van der Waals surface area contributed by atoms with E-state index in [0.717, 1.165) is 5.56 Å². The topological polar surface area (TPSA) is 94.0 Å². The van der Waals surface area contributed by atoms with Gasteiger partial charge in [0.25, 0.3) is 5.89 Å². The van der Waals surface area contributed by atoms with Crippen LogP contribution in [-0.4, -0.2) is 22.1 Å². The summed E-state index contributed by atoms with van der Waals surface area (Å²) in [6.45, 7) is 7.56. The summed E-state index contributed by atoms with van der Waals surface area (Å²) in [6.07, 6.45) is 0. The summed E-state index contributed by atoms with van der Waals surface area (Å²) in [5.41, 5.74) is 6.47. The second kappa shape index (κ2) is 6.27. The first-order chi connectivity index (χ1) is 10.3. The minimum absolute atomic E-state index is 0.230. The van der Waals surface area contributed by atoms with E-state index in [-0.39, 0.29) is 17.4 Å². The predicted octanol–water partition coefficient (Wildman–Crippen LogP) is 2.29. The number of benzene rings is 1. The van der Waals surface area contributed by atoms with Gasteiger partial charge in [0.2, 0.25) is 5.91 Å². The van der Waals surface area contributed by atoms with Crippen molar-refractivity contribution in [2.45, 2.75) is 39.8 Å². The Labute approximate surface area is 130 Å². The molecule has 2 atom stereocenters. The molecule has 6 heteroatoms. The Hall–Kier alpha value is -2.21. The number of amides is 1. The minimum Gasteiger partial charge on any atom is -0.345 e. The first-order valence-electron chi connectivity index (χ1n) is 7.24. The third-order valence-corrected chi connectivity index (χ3v) is 3.42. The van der Waals surface area contributed by atoms with E-state index < -0.39 is 6.04 Å². The Balaban J connectivity index is 2.07. The highest BCUT2D eigenvalue weighted by Gasteiger charge is 2.29. The molecule has 0 bridgehead atoms. The van der Waals surface area contributed by atoms with Gasteiger partial charge in [-0.15, -0.1) is 0 Å². The van der Waals surface area contributed by atoms with Crippen LogP contribution >= 0.6 is 0 Å². The number of carbonyl (C=O) groups is 1. The van der Waals surface area contributed by atoms with Gasteiger partial charge in [-0.25, -0.2) is 0 Å². The summed E-state index contributed by atoms with van der Waals surface area (Å²) in [5, 5.41) is 6.74. The molecular formula is C16H22N4O2. The monoisotopic (exact) mass is 302 g/mol. The van der Waals surface area contributed by atoms with Crippen LogP contribution in [0.15, 0.2) is 34.9 Å². The minimum atomic E-state index is -0.601. The zero-order valence-electron chi connectivity index (χ0n) is 13.3. The third kappa shape index (κ3) is 3.71. The highest BCUT2D eigenvalue weighted by atomic mass is 16.5. The first kappa shape index (κ1) is 16.2. The van der Waals surface area contributed by atoms with Crippen LogP contribution in [0.25, 0.3) is 11.5 Å². The lowest BCUT2D eigenvalue weighted by Gasteiger charge is -2.26. The molecule has 2 aromatic rings. The molecule has 6 nitrogen and oxygen atoms in total. The molecule has 0 radical (unpaired) electrons. The van der Waals surface area contributed by atoms with Crippen LogP contribution in [0.5, 0.6) is 0 Å². The number of aromatic nitrogens is 2. The van der Waals surface area contributed by atoms with Crippen molar-refractivity contribution in [2.24, 2.45) is 11.1 Å². The van der Waals surface area contributed by atoms with Gasteiger partial charge >= 0.3 is 0 Å². The van der Waals surface area contributed by atoms with Gasteiger partial charge in [-0.1, -0.05) is 44.1 Å². The first-order valence-corrected chi connectivity index (χ1v) is 7.24. The van der Waals surface area contributed by atoms with Crippen molar-refractivity contribution in [2.75, 3.05) is 0 Å². The van der Waals surface area contributed by atoms with Crippen molar-refractivity contribution in [1.29, 1.82) is 0 Å². The fraction of sp³-hybridized carbons (Fsp3) is 0.438. The van der Waals surface area contributed by atoms with Crippen molar-refractivity contribution in [3.05, 3.63) is 36.2 Å². The second-order valence-electron chi connectivity index (χ2n) is 6.40. The molecule has 0 saturated carbocycles. The summed E-state index contributed by atoms with van der Waals surface area (Å²) in [4.78, 5) is 16.4. The number of carbonyl (C=O) groups excluding carboxylic acids is 1. The number of hydrogen-bond acceptors (Lipinski definition) is 5. The molecule has 0 spiro atoms. The van der Waals surface area contributed by atoms with Crippen molar-refractivity contribution >= 4 is 5.91 Å². The summed E-state index contributed by atoms with van der Waals surface area (Å²) in [7, 11) is 0. The van der Waals surface area contributed by atoms with Crippen LogP contribution in [0.3, 0.4) is 0 Å². The maximum atomic E-state index is 12.1. The van der Waals surface area contributed by atoms with E-state index in [1.54, 1.807) is 6.92 Å². The van der Waals surface area contributed by atoms with Gasteiger partial charge in [-0.05, 0) is 24.5 Å². The van der Waals surface area contributed by atoms with Gasteiger partial charge in [0.1, 0.15) is 0 Å². The van der Waals surface area contributed by atoms with E-state index >= 15 is 0 Å². The molecular weight excluding hydrogens is 280 g/mol. The van der Waals surface area contributed by atoms with Crippen LogP contribution in [0.1, 0.15) is 39.6 Å². The molecule has 0 aliphatic carbocycles. The van der Waals surface area contributed by atoms with E-state index in [1.807, 2.05) is 51.1 Å². The van der Waals surface area contributed by atoms with Crippen molar-refractivity contribution in [1.82, 2.24) is 15.5 Å². The van der Waals surface area contributed by atoms with Crippen molar-refractivity contribution < 1.29 is 9.32 Å². The summed E-state index contributed by atoms with van der Waals surface area (Å²) in [5.74, 6) is 0.621.